The van der Waals surface area contributed by atoms with Crippen LogP contribution in [0.25, 0.3) is 0 Å². The maximum atomic E-state index is 12.8. The number of nitrogens with zero attached hydrogens (tertiary/aromatic N) is 1. The van der Waals surface area contributed by atoms with E-state index >= 15 is 0 Å². The van der Waals surface area contributed by atoms with E-state index in [-0.39, 0.29) is 17.6 Å². The molecule has 5 heteroatoms. The molecule has 2 heterocycles. The van der Waals surface area contributed by atoms with Crippen molar-refractivity contribution < 1.29 is 9.18 Å². The Bertz CT molecular complexity index is 588. The van der Waals surface area contributed by atoms with Crippen LogP contribution in [0.4, 0.5) is 4.39 Å². The predicted octanol–water partition coefficient (Wildman–Crippen LogP) is 2.94. The van der Waals surface area contributed by atoms with Crippen molar-refractivity contribution in [1.82, 2.24) is 10.3 Å². The van der Waals surface area contributed by atoms with E-state index in [0.29, 0.717) is 11.3 Å². The van der Waals surface area contributed by atoms with E-state index in [0.717, 1.165) is 24.4 Å². The molecule has 1 N–H and O–H groups in total. The van der Waals surface area contributed by atoms with Crippen molar-refractivity contribution in [3.8, 4) is 0 Å². The number of aromatic nitrogens is 1. The Morgan fingerprint density at radius 3 is 2.84 bits per heavy atom. The SMILES string of the molecule is O=C(c1ccc(F)cc1)c1csc([C@@H]2CCCN2)n1. The number of carbonyl (C=O) groups excluding carboxylic acids is 1. The summed E-state index contributed by atoms with van der Waals surface area (Å²) in [5.41, 5.74) is 0.915. The van der Waals surface area contributed by atoms with Gasteiger partial charge in [0.2, 0.25) is 5.78 Å². The molecule has 1 aliphatic rings. The maximum Gasteiger partial charge on any atom is 0.212 e. The van der Waals surface area contributed by atoms with Crippen molar-refractivity contribution in [2.45, 2.75) is 18.9 Å². The third kappa shape index (κ3) is 2.57. The van der Waals surface area contributed by atoms with E-state index in [1.165, 1.54) is 35.6 Å². The fraction of sp³-hybridized carbons (Fsp3) is 0.286. The summed E-state index contributed by atoms with van der Waals surface area (Å²) in [7, 11) is 0. The highest BCUT2D eigenvalue weighted by atomic mass is 32.1. The minimum absolute atomic E-state index is 0.152. The Morgan fingerprint density at radius 2 is 2.16 bits per heavy atom. The molecule has 2 aromatic rings. The van der Waals surface area contributed by atoms with Crippen LogP contribution in [0.2, 0.25) is 0 Å². The smallest absolute Gasteiger partial charge is 0.212 e. The van der Waals surface area contributed by atoms with Gasteiger partial charge in [0, 0.05) is 10.9 Å². The van der Waals surface area contributed by atoms with Crippen LogP contribution in [0.1, 0.15) is 39.9 Å². The van der Waals surface area contributed by atoms with Gasteiger partial charge in [0.15, 0.2) is 0 Å². The Hall–Kier alpha value is -1.59. The van der Waals surface area contributed by atoms with Crippen molar-refractivity contribution in [2.24, 2.45) is 0 Å². The van der Waals surface area contributed by atoms with Crippen molar-refractivity contribution in [3.63, 3.8) is 0 Å². The molecule has 1 aromatic carbocycles. The van der Waals surface area contributed by atoms with Gasteiger partial charge in [-0.15, -0.1) is 11.3 Å². The average molecular weight is 276 g/mol. The number of rotatable bonds is 3. The van der Waals surface area contributed by atoms with Gasteiger partial charge in [-0.2, -0.15) is 0 Å². The number of hydrogen-bond donors (Lipinski definition) is 1. The third-order valence-corrected chi connectivity index (χ3v) is 4.18. The van der Waals surface area contributed by atoms with Gasteiger partial charge < -0.3 is 5.32 Å². The highest BCUT2D eigenvalue weighted by molar-refractivity contribution is 7.10. The molecular weight excluding hydrogens is 263 g/mol. The van der Waals surface area contributed by atoms with E-state index in [1.54, 1.807) is 5.38 Å². The number of nitrogens with one attached hydrogen (secondary N) is 1. The second kappa shape index (κ2) is 5.19. The van der Waals surface area contributed by atoms with Crippen LogP contribution in [0.5, 0.6) is 0 Å². The Balaban J connectivity index is 1.82. The summed E-state index contributed by atoms with van der Waals surface area (Å²) >= 11 is 1.50. The first-order valence-electron chi connectivity index (χ1n) is 6.23. The van der Waals surface area contributed by atoms with Gasteiger partial charge in [-0.25, -0.2) is 9.37 Å². The molecule has 1 saturated heterocycles. The minimum Gasteiger partial charge on any atom is -0.308 e. The molecule has 3 nitrogen and oxygen atoms in total. The number of halogens is 1. The molecule has 0 amide bonds. The molecule has 3 rings (SSSR count). The first-order chi connectivity index (χ1) is 9.24. The average Bonchev–Trinajstić information content (AvgIpc) is 3.10. The molecule has 19 heavy (non-hydrogen) atoms. The van der Waals surface area contributed by atoms with E-state index in [1.807, 2.05) is 0 Å². The molecule has 0 radical (unpaired) electrons. The van der Waals surface area contributed by atoms with Gasteiger partial charge in [-0.3, -0.25) is 4.79 Å². The summed E-state index contributed by atoms with van der Waals surface area (Å²) in [4.78, 5) is 16.6. The first kappa shape index (κ1) is 12.4. The monoisotopic (exact) mass is 276 g/mol. The fourth-order valence-electron chi connectivity index (χ4n) is 2.20. The molecule has 0 aliphatic carbocycles. The van der Waals surface area contributed by atoms with E-state index < -0.39 is 0 Å². The van der Waals surface area contributed by atoms with E-state index in [9.17, 15) is 9.18 Å². The predicted molar refractivity (Wildman–Crippen MR) is 71.9 cm³/mol. The highest BCUT2D eigenvalue weighted by Crippen LogP contribution is 2.26. The highest BCUT2D eigenvalue weighted by Gasteiger charge is 2.21. The summed E-state index contributed by atoms with van der Waals surface area (Å²) in [5, 5.41) is 6.10. The lowest BCUT2D eigenvalue weighted by Gasteiger charge is -2.04. The van der Waals surface area contributed by atoms with Crippen molar-refractivity contribution in [1.29, 1.82) is 0 Å². The number of ketones is 1. The molecule has 1 fully saturated rings. The zero-order valence-corrected chi connectivity index (χ0v) is 11.0. The largest absolute Gasteiger partial charge is 0.308 e. The van der Waals surface area contributed by atoms with Crippen molar-refractivity contribution in [3.05, 3.63) is 51.7 Å². The van der Waals surface area contributed by atoms with Gasteiger partial charge in [0.1, 0.15) is 16.5 Å². The molecule has 0 unspecified atom stereocenters. The number of thiazole rings is 1. The summed E-state index contributed by atoms with van der Waals surface area (Å²) in [6, 6.07) is 5.84. The Morgan fingerprint density at radius 1 is 1.37 bits per heavy atom. The van der Waals surface area contributed by atoms with Gasteiger partial charge in [0.05, 0.1) is 6.04 Å². The zero-order chi connectivity index (χ0) is 13.2. The van der Waals surface area contributed by atoms with Crippen LogP contribution in [0.15, 0.2) is 29.6 Å². The van der Waals surface area contributed by atoms with Crippen molar-refractivity contribution >= 4 is 17.1 Å². The standard InChI is InChI=1S/C14H13FN2OS/c15-10-5-3-9(4-6-10)13(18)12-8-19-14(17-12)11-2-1-7-16-11/h3-6,8,11,16H,1-2,7H2/t11-/m0/s1. The van der Waals surface area contributed by atoms with Gasteiger partial charge in [-0.1, -0.05) is 0 Å². The van der Waals surface area contributed by atoms with Crippen LogP contribution in [-0.2, 0) is 0 Å². The second-order valence-corrected chi connectivity index (χ2v) is 5.45. The van der Waals surface area contributed by atoms with Crippen LogP contribution in [-0.4, -0.2) is 17.3 Å². The quantitative estimate of drug-likeness (QED) is 0.876. The van der Waals surface area contributed by atoms with Crippen LogP contribution >= 0.6 is 11.3 Å². The molecule has 0 saturated carbocycles. The first-order valence-corrected chi connectivity index (χ1v) is 7.11. The summed E-state index contributed by atoms with van der Waals surface area (Å²) < 4.78 is 12.8. The van der Waals surface area contributed by atoms with E-state index in [4.69, 9.17) is 0 Å². The molecule has 98 valence electrons. The lowest BCUT2D eigenvalue weighted by atomic mass is 10.1. The molecule has 0 bridgehead atoms. The van der Waals surface area contributed by atoms with E-state index in [2.05, 4.69) is 10.3 Å². The lowest BCUT2D eigenvalue weighted by molar-refractivity contribution is 0.103. The van der Waals surface area contributed by atoms with Crippen molar-refractivity contribution in [2.75, 3.05) is 6.54 Å². The summed E-state index contributed by atoms with van der Waals surface area (Å²) in [6.07, 6.45) is 2.21. The topological polar surface area (TPSA) is 42.0 Å². The minimum atomic E-state index is -0.342. The number of hydrogen-bond acceptors (Lipinski definition) is 4. The normalized spacial score (nSPS) is 18.7. The Labute approximate surface area is 114 Å². The van der Waals surface area contributed by atoms with Gasteiger partial charge in [-0.05, 0) is 43.7 Å². The molecule has 1 aromatic heterocycles. The lowest BCUT2D eigenvalue weighted by Crippen LogP contribution is -2.13. The van der Waals surface area contributed by atoms with Crippen LogP contribution in [0.3, 0.4) is 0 Å². The molecule has 0 spiro atoms. The molecular formula is C14H13FN2OS. The third-order valence-electron chi connectivity index (χ3n) is 3.22. The zero-order valence-electron chi connectivity index (χ0n) is 10.2. The maximum absolute atomic E-state index is 12.8. The van der Waals surface area contributed by atoms with Gasteiger partial charge >= 0.3 is 0 Å². The van der Waals surface area contributed by atoms with Gasteiger partial charge in [0.25, 0.3) is 0 Å². The molecule has 1 aliphatic heterocycles. The summed E-state index contributed by atoms with van der Waals surface area (Å²) in [6.45, 7) is 1.01. The summed E-state index contributed by atoms with van der Waals surface area (Å²) in [5.74, 6) is -0.494. The Kier molecular flexibility index (Phi) is 3.40. The number of carbonyl (C=O) groups is 1. The number of benzene rings is 1. The van der Waals surface area contributed by atoms with Crippen LogP contribution < -0.4 is 5.32 Å². The fourth-order valence-corrected chi connectivity index (χ4v) is 3.11. The molecule has 1 atom stereocenters. The second-order valence-electron chi connectivity index (χ2n) is 4.56. The van der Waals surface area contributed by atoms with Crippen LogP contribution in [0, 0.1) is 5.82 Å².